The molecule has 1 aliphatic carbocycles. The number of rotatable bonds is 2. The van der Waals surface area contributed by atoms with E-state index < -0.39 is 0 Å². The zero-order valence-electron chi connectivity index (χ0n) is 10.8. The van der Waals surface area contributed by atoms with Gasteiger partial charge in [-0.15, -0.1) is 0 Å². The van der Waals surface area contributed by atoms with Crippen LogP contribution in [0.5, 0.6) is 0 Å². The first kappa shape index (κ1) is 11.7. The fraction of sp³-hybridized carbons (Fsp3) is 0.562. The molecular formula is C16H20N2. The average molecular weight is 240 g/mol. The van der Waals surface area contributed by atoms with Crippen molar-refractivity contribution in [2.24, 2.45) is 5.92 Å². The molecular weight excluding hydrogens is 220 g/mol. The number of piperidine rings is 1. The molecule has 0 radical (unpaired) electrons. The molecule has 1 saturated heterocycles. The van der Waals surface area contributed by atoms with Crippen LogP contribution in [0, 0.1) is 17.2 Å². The molecule has 3 rings (SSSR count). The molecule has 0 bridgehead atoms. The van der Waals surface area contributed by atoms with Gasteiger partial charge < -0.3 is 0 Å². The average Bonchev–Trinajstić information content (AvgIpc) is 2.89. The number of likely N-dealkylation sites (tertiary alicyclic amines) is 1. The number of hydrogen-bond donors (Lipinski definition) is 0. The lowest BCUT2D eigenvalue weighted by Crippen LogP contribution is -2.42. The van der Waals surface area contributed by atoms with Gasteiger partial charge in [0.25, 0.3) is 0 Å². The Labute approximate surface area is 109 Å². The predicted molar refractivity (Wildman–Crippen MR) is 71.9 cm³/mol. The molecule has 2 nitrogen and oxygen atoms in total. The van der Waals surface area contributed by atoms with Gasteiger partial charge in [0.2, 0.25) is 0 Å². The molecule has 2 aliphatic rings. The molecule has 0 aromatic heterocycles. The van der Waals surface area contributed by atoms with Crippen LogP contribution in [0.25, 0.3) is 0 Å². The third-order valence-corrected chi connectivity index (χ3v) is 4.62. The zero-order chi connectivity index (χ0) is 12.4. The van der Waals surface area contributed by atoms with Crippen molar-refractivity contribution in [2.45, 2.75) is 44.7 Å². The minimum Gasteiger partial charge on any atom is -0.296 e. The van der Waals surface area contributed by atoms with Crippen LogP contribution in [0.4, 0.5) is 0 Å². The maximum Gasteiger partial charge on any atom is 0.0995 e. The molecule has 18 heavy (non-hydrogen) atoms. The van der Waals surface area contributed by atoms with Gasteiger partial charge >= 0.3 is 0 Å². The van der Waals surface area contributed by atoms with Crippen molar-refractivity contribution in [1.29, 1.82) is 5.26 Å². The summed E-state index contributed by atoms with van der Waals surface area (Å²) < 4.78 is 0. The third-order valence-electron chi connectivity index (χ3n) is 4.62. The summed E-state index contributed by atoms with van der Waals surface area (Å²) in [7, 11) is 0. The predicted octanol–water partition coefficient (Wildman–Crippen LogP) is 3.32. The molecule has 0 spiro atoms. The highest BCUT2D eigenvalue weighted by Crippen LogP contribution is 2.37. The SMILES string of the molecule is N#Cc1ccccc1CN1CCCC2CCCC21. The summed E-state index contributed by atoms with van der Waals surface area (Å²) in [5.74, 6) is 0.924. The summed E-state index contributed by atoms with van der Waals surface area (Å²) in [5.41, 5.74) is 2.05. The Kier molecular flexibility index (Phi) is 3.34. The second-order valence-corrected chi connectivity index (χ2v) is 5.64. The maximum absolute atomic E-state index is 9.17. The van der Waals surface area contributed by atoms with Gasteiger partial charge in [0.15, 0.2) is 0 Å². The minimum atomic E-state index is 0.783. The van der Waals surface area contributed by atoms with Crippen molar-refractivity contribution in [3.05, 3.63) is 35.4 Å². The second kappa shape index (κ2) is 5.12. The van der Waals surface area contributed by atoms with Crippen LogP contribution < -0.4 is 0 Å². The Hall–Kier alpha value is -1.33. The van der Waals surface area contributed by atoms with E-state index in [0.717, 1.165) is 24.1 Å². The van der Waals surface area contributed by atoms with Gasteiger partial charge in [-0.3, -0.25) is 4.90 Å². The largest absolute Gasteiger partial charge is 0.296 e. The van der Waals surface area contributed by atoms with E-state index in [9.17, 15) is 0 Å². The van der Waals surface area contributed by atoms with Gasteiger partial charge in [0.1, 0.15) is 0 Å². The van der Waals surface area contributed by atoms with Gasteiger partial charge in [-0.25, -0.2) is 0 Å². The molecule has 2 atom stereocenters. The van der Waals surface area contributed by atoms with E-state index in [0.29, 0.717) is 0 Å². The van der Waals surface area contributed by atoms with Crippen LogP contribution in [0.2, 0.25) is 0 Å². The molecule has 2 fully saturated rings. The number of nitriles is 1. The monoisotopic (exact) mass is 240 g/mol. The Morgan fingerprint density at radius 2 is 2.00 bits per heavy atom. The lowest BCUT2D eigenvalue weighted by atomic mass is 9.91. The molecule has 94 valence electrons. The van der Waals surface area contributed by atoms with Crippen LogP contribution in [0.3, 0.4) is 0 Å². The molecule has 1 aromatic rings. The van der Waals surface area contributed by atoms with Crippen molar-refractivity contribution in [3.8, 4) is 6.07 Å². The molecule has 0 amide bonds. The van der Waals surface area contributed by atoms with Gasteiger partial charge in [0.05, 0.1) is 11.6 Å². The summed E-state index contributed by atoms with van der Waals surface area (Å²) in [6.07, 6.45) is 6.92. The van der Waals surface area contributed by atoms with Crippen LogP contribution in [0.1, 0.15) is 43.2 Å². The van der Waals surface area contributed by atoms with Crippen molar-refractivity contribution in [2.75, 3.05) is 6.54 Å². The standard InChI is InChI=1S/C16H20N2/c17-11-14-5-1-2-6-15(14)12-18-10-4-8-13-7-3-9-16(13)18/h1-2,5-6,13,16H,3-4,7-10,12H2. The first-order chi connectivity index (χ1) is 8.88. The summed E-state index contributed by atoms with van der Waals surface area (Å²) in [5, 5.41) is 9.17. The fourth-order valence-electron chi connectivity index (χ4n) is 3.74. The molecule has 1 aliphatic heterocycles. The van der Waals surface area contributed by atoms with Crippen molar-refractivity contribution in [3.63, 3.8) is 0 Å². The number of fused-ring (bicyclic) bond motifs is 1. The highest BCUT2D eigenvalue weighted by molar-refractivity contribution is 5.37. The van der Waals surface area contributed by atoms with Crippen LogP contribution in [-0.2, 0) is 6.54 Å². The lowest BCUT2D eigenvalue weighted by Gasteiger charge is -2.37. The molecule has 2 heteroatoms. The molecule has 1 saturated carbocycles. The lowest BCUT2D eigenvalue weighted by molar-refractivity contribution is 0.106. The first-order valence-corrected chi connectivity index (χ1v) is 7.10. The maximum atomic E-state index is 9.17. The van der Waals surface area contributed by atoms with Crippen LogP contribution in [0.15, 0.2) is 24.3 Å². The zero-order valence-corrected chi connectivity index (χ0v) is 10.8. The summed E-state index contributed by atoms with van der Waals surface area (Å²) >= 11 is 0. The number of nitrogens with zero attached hydrogens (tertiary/aromatic N) is 2. The fourth-order valence-corrected chi connectivity index (χ4v) is 3.74. The van der Waals surface area contributed by atoms with Crippen LogP contribution >= 0.6 is 0 Å². The Morgan fingerprint density at radius 3 is 2.89 bits per heavy atom. The Bertz CT molecular complexity index is 460. The van der Waals surface area contributed by atoms with E-state index in [4.69, 9.17) is 5.26 Å². The highest BCUT2D eigenvalue weighted by atomic mass is 15.2. The smallest absolute Gasteiger partial charge is 0.0995 e. The molecule has 0 N–H and O–H groups in total. The summed E-state index contributed by atoms with van der Waals surface area (Å²) in [6.45, 7) is 2.17. The molecule has 1 aromatic carbocycles. The highest BCUT2D eigenvalue weighted by Gasteiger charge is 2.34. The van der Waals surface area contributed by atoms with Crippen molar-refractivity contribution >= 4 is 0 Å². The van der Waals surface area contributed by atoms with Gasteiger partial charge in [0, 0.05) is 12.6 Å². The van der Waals surface area contributed by atoms with E-state index in [-0.39, 0.29) is 0 Å². The summed E-state index contributed by atoms with van der Waals surface area (Å²) in [4.78, 5) is 2.62. The van der Waals surface area contributed by atoms with Gasteiger partial charge in [-0.05, 0) is 49.8 Å². The summed E-state index contributed by atoms with van der Waals surface area (Å²) in [6, 6.07) is 11.1. The van der Waals surface area contributed by atoms with Crippen molar-refractivity contribution in [1.82, 2.24) is 4.90 Å². The number of benzene rings is 1. The molecule has 2 unspecified atom stereocenters. The van der Waals surface area contributed by atoms with E-state index in [1.54, 1.807) is 0 Å². The van der Waals surface area contributed by atoms with Crippen LogP contribution in [-0.4, -0.2) is 17.5 Å². The topological polar surface area (TPSA) is 27.0 Å². The molecule has 1 heterocycles. The van der Waals surface area contributed by atoms with Gasteiger partial charge in [-0.1, -0.05) is 24.6 Å². The second-order valence-electron chi connectivity index (χ2n) is 5.64. The quantitative estimate of drug-likeness (QED) is 0.793. The minimum absolute atomic E-state index is 0.783. The Morgan fingerprint density at radius 1 is 1.17 bits per heavy atom. The first-order valence-electron chi connectivity index (χ1n) is 7.10. The van der Waals surface area contributed by atoms with E-state index in [1.807, 2.05) is 18.2 Å². The van der Waals surface area contributed by atoms with E-state index in [1.165, 1.54) is 44.2 Å². The van der Waals surface area contributed by atoms with E-state index >= 15 is 0 Å². The normalized spacial score (nSPS) is 27.7. The third kappa shape index (κ3) is 2.15. The van der Waals surface area contributed by atoms with Crippen molar-refractivity contribution < 1.29 is 0 Å². The van der Waals surface area contributed by atoms with Gasteiger partial charge in [-0.2, -0.15) is 5.26 Å². The Balaban J connectivity index is 1.77. The van der Waals surface area contributed by atoms with E-state index in [2.05, 4.69) is 17.0 Å². The number of hydrogen-bond acceptors (Lipinski definition) is 2.